The molecule has 0 aliphatic carbocycles. The molecule has 92 valence electrons. The maximum atomic E-state index is 10.6. The van der Waals surface area contributed by atoms with Gasteiger partial charge in [0, 0.05) is 18.7 Å². The molecule has 1 aromatic rings. The van der Waals surface area contributed by atoms with Crippen LogP contribution >= 0.6 is 0 Å². The number of amides is 1. The SMILES string of the molecule is CC(=O)Nc1cccc([N+]#N)c1.F[B-](F)(F)F. The first-order valence-corrected chi connectivity index (χ1v) is 4.32. The number of benzene rings is 1. The van der Waals surface area contributed by atoms with Gasteiger partial charge in [-0.25, -0.2) is 0 Å². The summed E-state index contributed by atoms with van der Waals surface area (Å²) in [6, 6.07) is 6.61. The molecule has 0 radical (unpaired) electrons. The summed E-state index contributed by atoms with van der Waals surface area (Å²) in [6.07, 6.45) is 0. The molecule has 0 unspecified atom stereocenters. The Labute approximate surface area is 94.4 Å². The van der Waals surface area contributed by atoms with Crippen LogP contribution < -0.4 is 5.32 Å². The first kappa shape index (κ1) is 14.9. The Morgan fingerprint density at radius 2 is 1.88 bits per heavy atom. The third kappa shape index (κ3) is 10.2. The molecule has 1 amide bonds. The molecule has 0 aromatic heterocycles. The minimum atomic E-state index is -6.00. The quantitative estimate of drug-likeness (QED) is 0.470. The third-order valence-corrected chi connectivity index (χ3v) is 1.28. The molecule has 17 heavy (non-hydrogen) atoms. The van der Waals surface area contributed by atoms with E-state index in [4.69, 9.17) is 5.39 Å². The van der Waals surface area contributed by atoms with Crippen LogP contribution in [-0.2, 0) is 4.79 Å². The minimum absolute atomic E-state index is 0.148. The van der Waals surface area contributed by atoms with Crippen LogP contribution in [0.3, 0.4) is 0 Å². The topological polar surface area (TPSA) is 57.2 Å². The van der Waals surface area contributed by atoms with Crippen molar-refractivity contribution in [2.45, 2.75) is 6.92 Å². The number of rotatable bonds is 1. The van der Waals surface area contributed by atoms with Gasteiger partial charge in [-0.1, -0.05) is 6.07 Å². The molecule has 0 saturated carbocycles. The Kier molecular flexibility index (Phi) is 5.67. The largest absolute Gasteiger partial charge is 0.673 e. The summed E-state index contributed by atoms with van der Waals surface area (Å²) in [5.74, 6) is -0.148. The molecular formula is C8H8BF4N3O. The van der Waals surface area contributed by atoms with Crippen molar-refractivity contribution >= 4 is 24.5 Å². The van der Waals surface area contributed by atoms with Gasteiger partial charge in [-0.05, 0) is 6.07 Å². The van der Waals surface area contributed by atoms with Gasteiger partial charge >= 0.3 is 12.9 Å². The molecule has 0 atom stereocenters. The fourth-order valence-corrected chi connectivity index (χ4v) is 0.849. The van der Waals surface area contributed by atoms with Crippen molar-refractivity contribution in [3.05, 3.63) is 29.2 Å². The van der Waals surface area contributed by atoms with E-state index < -0.39 is 7.25 Å². The lowest BCUT2D eigenvalue weighted by Gasteiger charge is -1.97. The molecule has 0 heterocycles. The standard InChI is InChI=1S/C8H7N3O.BF4/c1-6(12)10-7-3-2-4-8(5-7)11-9;2-1(3,4)5/h2-5H,1H3;/q;-1/p+1. The molecule has 0 fully saturated rings. The fourth-order valence-electron chi connectivity index (χ4n) is 0.849. The molecule has 9 heteroatoms. The van der Waals surface area contributed by atoms with E-state index in [0.29, 0.717) is 11.4 Å². The van der Waals surface area contributed by atoms with Gasteiger partial charge in [-0.3, -0.25) is 4.79 Å². The Morgan fingerprint density at radius 3 is 2.29 bits per heavy atom. The molecule has 0 spiro atoms. The molecule has 0 aliphatic rings. The Bertz CT molecular complexity index is 424. The van der Waals surface area contributed by atoms with Crippen molar-refractivity contribution in [1.82, 2.24) is 0 Å². The van der Waals surface area contributed by atoms with Gasteiger partial charge in [0.15, 0.2) is 4.98 Å². The second-order valence-electron chi connectivity index (χ2n) is 2.83. The summed E-state index contributed by atoms with van der Waals surface area (Å²) in [4.78, 5) is 13.6. The summed E-state index contributed by atoms with van der Waals surface area (Å²) in [5.41, 5.74) is 1.04. The van der Waals surface area contributed by atoms with Crippen molar-refractivity contribution < 1.29 is 22.1 Å². The van der Waals surface area contributed by atoms with E-state index >= 15 is 0 Å². The minimum Gasteiger partial charge on any atom is -0.418 e. The van der Waals surface area contributed by atoms with Crippen molar-refractivity contribution in [3.63, 3.8) is 0 Å². The van der Waals surface area contributed by atoms with Crippen LogP contribution in [0.25, 0.3) is 4.98 Å². The Balaban J connectivity index is 0.000000437. The van der Waals surface area contributed by atoms with Gasteiger partial charge in [0.05, 0.1) is 6.07 Å². The number of carbonyl (C=O) groups excluding carboxylic acids is 1. The van der Waals surface area contributed by atoms with E-state index in [1.165, 1.54) is 6.92 Å². The van der Waals surface area contributed by atoms with Crippen molar-refractivity contribution in [2.75, 3.05) is 5.32 Å². The average Bonchev–Trinajstić information content (AvgIpc) is 2.14. The summed E-state index contributed by atoms with van der Waals surface area (Å²) >= 11 is 0. The van der Waals surface area contributed by atoms with E-state index in [9.17, 15) is 22.1 Å². The van der Waals surface area contributed by atoms with Gasteiger partial charge in [0.1, 0.15) is 0 Å². The highest BCUT2D eigenvalue weighted by Gasteiger charge is 2.20. The molecule has 0 saturated heterocycles. The Hall–Kier alpha value is -2.11. The number of nitrogens with one attached hydrogen (secondary N) is 1. The normalized spacial score (nSPS) is 9.65. The zero-order valence-electron chi connectivity index (χ0n) is 8.70. The van der Waals surface area contributed by atoms with Gasteiger partial charge in [0.25, 0.3) is 0 Å². The maximum absolute atomic E-state index is 10.6. The Morgan fingerprint density at radius 1 is 1.35 bits per heavy atom. The molecule has 1 rings (SSSR count). The highest BCUT2D eigenvalue weighted by molar-refractivity contribution is 6.50. The number of diazo groups is 1. The van der Waals surface area contributed by atoms with E-state index in [1.54, 1.807) is 24.3 Å². The van der Waals surface area contributed by atoms with Crippen LogP contribution in [0, 0.1) is 5.39 Å². The van der Waals surface area contributed by atoms with Crippen LogP contribution in [-0.4, -0.2) is 13.2 Å². The second-order valence-corrected chi connectivity index (χ2v) is 2.83. The summed E-state index contributed by atoms with van der Waals surface area (Å²) in [7, 11) is -6.00. The zero-order valence-corrected chi connectivity index (χ0v) is 8.70. The number of halogens is 4. The number of anilines is 1. The van der Waals surface area contributed by atoms with E-state index in [1.807, 2.05) is 0 Å². The highest BCUT2D eigenvalue weighted by Crippen LogP contribution is 2.17. The van der Waals surface area contributed by atoms with Crippen molar-refractivity contribution in [1.29, 1.82) is 5.39 Å². The average molecular weight is 249 g/mol. The molecule has 1 aromatic carbocycles. The predicted molar refractivity (Wildman–Crippen MR) is 55.7 cm³/mol. The van der Waals surface area contributed by atoms with Crippen LogP contribution in [0.4, 0.5) is 28.6 Å². The fraction of sp³-hybridized carbons (Fsp3) is 0.125. The molecule has 1 N–H and O–H groups in total. The van der Waals surface area contributed by atoms with Crippen molar-refractivity contribution in [3.8, 4) is 0 Å². The summed E-state index contributed by atoms with van der Waals surface area (Å²) < 4.78 is 39.0. The van der Waals surface area contributed by atoms with Crippen LogP contribution in [0.5, 0.6) is 0 Å². The van der Waals surface area contributed by atoms with E-state index in [-0.39, 0.29) is 5.91 Å². The first-order chi connectivity index (χ1) is 7.72. The van der Waals surface area contributed by atoms with E-state index in [2.05, 4.69) is 10.3 Å². The predicted octanol–water partition coefficient (Wildman–Crippen LogP) is 3.43. The highest BCUT2D eigenvalue weighted by atomic mass is 19.5. The van der Waals surface area contributed by atoms with Gasteiger partial charge in [0.2, 0.25) is 11.3 Å². The lowest BCUT2D eigenvalue weighted by Crippen LogP contribution is -2.04. The number of hydrogen-bond donors (Lipinski definition) is 1. The summed E-state index contributed by atoms with van der Waals surface area (Å²) in [5, 5.41) is 11.0. The summed E-state index contributed by atoms with van der Waals surface area (Å²) in [6.45, 7) is 1.42. The number of hydrogen-bond acceptors (Lipinski definition) is 2. The van der Waals surface area contributed by atoms with Gasteiger partial charge < -0.3 is 22.6 Å². The zero-order chi connectivity index (χ0) is 13.5. The van der Waals surface area contributed by atoms with Crippen LogP contribution in [0.15, 0.2) is 24.3 Å². The lowest BCUT2D eigenvalue weighted by atomic mass is 10.3. The molecule has 4 nitrogen and oxygen atoms in total. The smallest absolute Gasteiger partial charge is 0.418 e. The molecular weight excluding hydrogens is 241 g/mol. The van der Waals surface area contributed by atoms with Gasteiger partial charge in [-0.2, -0.15) is 0 Å². The number of nitrogens with zero attached hydrogens (tertiary/aromatic N) is 2. The van der Waals surface area contributed by atoms with Gasteiger partial charge in [-0.15, -0.1) is 0 Å². The van der Waals surface area contributed by atoms with Crippen LogP contribution in [0.2, 0.25) is 0 Å². The number of carbonyl (C=O) groups is 1. The van der Waals surface area contributed by atoms with Crippen LogP contribution in [0.1, 0.15) is 6.92 Å². The molecule has 0 aliphatic heterocycles. The molecule has 0 bridgehead atoms. The lowest BCUT2D eigenvalue weighted by molar-refractivity contribution is -0.114. The first-order valence-electron chi connectivity index (χ1n) is 4.32. The van der Waals surface area contributed by atoms with Crippen molar-refractivity contribution in [2.24, 2.45) is 0 Å². The monoisotopic (exact) mass is 249 g/mol. The van der Waals surface area contributed by atoms with E-state index in [0.717, 1.165) is 0 Å². The third-order valence-electron chi connectivity index (χ3n) is 1.28. The second kappa shape index (κ2) is 6.47. The maximum Gasteiger partial charge on any atom is 0.673 e.